The van der Waals surface area contributed by atoms with E-state index < -0.39 is 0 Å². The number of hydrogen-bond acceptors (Lipinski definition) is 6. The Balaban J connectivity index is 1.73. The average molecular weight is 424 g/mol. The third-order valence-corrected chi connectivity index (χ3v) is 5.91. The predicted octanol–water partition coefficient (Wildman–Crippen LogP) is 4.68. The molecule has 1 aliphatic heterocycles. The Hall–Kier alpha value is -2.77. The molecule has 0 aliphatic carbocycles. The summed E-state index contributed by atoms with van der Waals surface area (Å²) in [6.45, 7) is 5.44. The minimum Gasteiger partial charge on any atom is -0.486 e. The summed E-state index contributed by atoms with van der Waals surface area (Å²) in [4.78, 5) is 6.63. The van der Waals surface area contributed by atoms with E-state index in [0.717, 1.165) is 33.1 Å². The Morgan fingerprint density at radius 1 is 1.14 bits per heavy atom. The fourth-order valence-corrected chi connectivity index (χ4v) is 4.13. The standard InChI is InChI=1S/C22H21N3O2S2/c1-3-10-23-22-25(24-14-16-4-7-18(28-2)8-5-16)19(15-29-22)17-6-9-20-21(13-17)27-12-11-26-20/h3-9,13-15H,1,10-12H2,2H3. The second-order valence-electron chi connectivity index (χ2n) is 6.22. The van der Waals surface area contributed by atoms with E-state index in [4.69, 9.17) is 14.6 Å². The van der Waals surface area contributed by atoms with E-state index in [-0.39, 0.29) is 0 Å². The number of ether oxygens (including phenoxy) is 2. The van der Waals surface area contributed by atoms with Gasteiger partial charge in [-0.15, -0.1) is 29.7 Å². The largest absolute Gasteiger partial charge is 0.486 e. The highest BCUT2D eigenvalue weighted by molar-refractivity contribution is 7.98. The molecule has 3 aromatic rings. The Labute approximate surface area is 178 Å². The number of fused-ring (bicyclic) bond motifs is 1. The smallest absolute Gasteiger partial charge is 0.206 e. The highest BCUT2D eigenvalue weighted by Gasteiger charge is 2.15. The van der Waals surface area contributed by atoms with Crippen LogP contribution < -0.4 is 14.3 Å². The summed E-state index contributed by atoms with van der Waals surface area (Å²) < 4.78 is 13.2. The normalized spacial score (nSPS) is 13.8. The van der Waals surface area contributed by atoms with E-state index >= 15 is 0 Å². The van der Waals surface area contributed by atoms with Crippen molar-refractivity contribution in [2.45, 2.75) is 4.90 Å². The Morgan fingerprint density at radius 3 is 2.69 bits per heavy atom. The third kappa shape index (κ3) is 4.46. The highest BCUT2D eigenvalue weighted by atomic mass is 32.2. The van der Waals surface area contributed by atoms with Gasteiger partial charge in [-0.3, -0.25) is 4.99 Å². The number of thiazole rings is 1. The molecule has 0 saturated heterocycles. The van der Waals surface area contributed by atoms with E-state index in [2.05, 4.69) is 47.5 Å². The predicted molar refractivity (Wildman–Crippen MR) is 121 cm³/mol. The van der Waals surface area contributed by atoms with Crippen molar-refractivity contribution in [1.29, 1.82) is 0 Å². The van der Waals surface area contributed by atoms with E-state index in [0.29, 0.717) is 19.8 Å². The van der Waals surface area contributed by atoms with Crippen LogP contribution in [-0.4, -0.2) is 36.9 Å². The summed E-state index contributed by atoms with van der Waals surface area (Å²) in [5, 5.41) is 6.79. The number of nitrogens with zero attached hydrogens (tertiary/aromatic N) is 3. The van der Waals surface area contributed by atoms with Crippen LogP contribution in [0.5, 0.6) is 11.5 Å². The summed E-state index contributed by atoms with van der Waals surface area (Å²) in [5.41, 5.74) is 2.98. The molecule has 0 amide bonds. The summed E-state index contributed by atoms with van der Waals surface area (Å²) in [7, 11) is 0. The molecule has 0 spiro atoms. The molecule has 148 valence electrons. The Bertz CT molecular complexity index is 1100. The minimum atomic E-state index is 0.541. The molecule has 2 aromatic carbocycles. The second kappa shape index (κ2) is 9.15. The molecule has 2 heterocycles. The van der Waals surface area contributed by atoms with Gasteiger partial charge in [0.1, 0.15) is 13.2 Å². The lowest BCUT2D eigenvalue weighted by Gasteiger charge is -2.18. The monoisotopic (exact) mass is 423 g/mol. The molecule has 0 fully saturated rings. The van der Waals surface area contributed by atoms with Gasteiger partial charge in [-0.2, -0.15) is 5.10 Å². The molecular weight excluding hydrogens is 402 g/mol. The zero-order valence-electron chi connectivity index (χ0n) is 16.1. The summed E-state index contributed by atoms with van der Waals surface area (Å²) in [6.07, 6.45) is 5.70. The van der Waals surface area contributed by atoms with Gasteiger partial charge in [0, 0.05) is 15.8 Å². The van der Waals surface area contributed by atoms with Crippen molar-refractivity contribution in [1.82, 2.24) is 4.68 Å². The highest BCUT2D eigenvalue weighted by Crippen LogP contribution is 2.34. The quantitative estimate of drug-likeness (QED) is 0.329. The Morgan fingerprint density at radius 2 is 1.93 bits per heavy atom. The van der Waals surface area contributed by atoms with Crippen LogP contribution in [0, 0.1) is 0 Å². The first kappa shape index (κ1) is 19.5. The minimum absolute atomic E-state index is 0.541. The number of aromatic nitrogens is 1. The first-order valence-electron chi connectivity index (χ1n) is 9.19. The van der Waals surface area contributed by atoms with E-state index in [9.17, 15) is 0 Å². The first-order valence-corrected chi connectivity index (χ1v) is 11.3. The van der Waals surface area contributed by atoms with Gasteiger partial charge in [-0.05, 0) is 42.2 Å². The number of hydrogen-bond donors (Lipinski definition) is 0. The maximum atomic E-state index is 5.74. The van der Waals surface area contributed by atoms with Gasteiger partial charge in [0.25, 0.3) is 0 Å². The molecule has 1 aromatic heterocycles. The molecule has 5 nitrogen and oxygen atoms in total. The van der Waals surface area contributed by atoms with Crippen LogP contribution in [0.15, 0.2) is 75.5 Å². The molecule has 0 unspecified atom stereocenters. The fraction of sp³-hybridized carbons (Fsp3) is 0.182. The number of benzene rings is 2. The van der Waals surface area contributed by atoms with Gasteiger partial charge in [0.05, 0.1) is 18.5 Å². The average Bonchev–Trinajstić information content (AvgIpc) is 3.19. The van der Waals surface area contributed by atoms with E-state index in [1.54, 1.807) is 29.2 Å². The molecule has 7 heteroatoms. The third-order valence-electron chi connectivity index (χ3n) is 4.32. The van der Waals surface area contributed by atoms with E-state index in [1.807, 2.05) is 29.1 Å². The second-order valence-corrected chi connectivity index (χ2v) is 7.94. The molecule has 0 saturated carbocycles. The van der Waals surface area contributed by atoms with Crippen molar-refractivity contribution in [2.75, 3.05) is 26.0 Å². The lowest BCUT2D eigenvalue weighted by atomic mass is 10.1. The van der Waals surface area contributed by atoms with Gasteiger partial charge >= 0.3 is 0 Å². The SMILES string of the molecule is C=CCN=c1scc(-c2ccc3c(c2)OCCO3)n1N=Cc1ccc(SC)cc1. The maximum Gasteiger partial charge on any atom is 0.206 e. The van der Waals surface area contributed by atoms with Crippen LogP contribution in [0.4, 0.5) is 0 Å². The molecule has 1 aliphatic rings. The Kier molecular flexibility index (Phi) is 6.17. The number of rotatable bonds is 6. The van der Waals surface area contributed by atoms with Gasteiger partial charge in [0.2, 0.25) is 4.80 Å². The topological polar surface area (TPSA) is 48.1 Å². The van der Waals surface area contributed by atoms with Crippen molar-refractivity contribution < 1.29 is 9.47 Å². The molecule has 0 N–H and O–H groups in total. The molecule has 0 radical (unpaired) electrons. The van der Waals surface area contributed by atoms with Gasteiger partial charge in [-0.25, -0.2) is 4.68 Å². The summed E-state index contributed by atoms with van der Waals surface area (Å²) >= 11 is 3.27. The van der Waals surface area contributed by atoms with E-state index in [1.165, 1.54) is 4.90 Å². The zero-order chi connectivity index (χ0) is 20.1. The first-order chi connectivity index (χ1) is 14.3. The van der Waals surface area contributed by atoms with Crippen LogP contribution >= 0.6 is 23.1 Å². The van der Waals surface area contributed by atoms with Crippen LogP contribution in [-0.2, 0) is 0 Å². The number of thioether (sulfide) groups is 1. The van der Waals surface area contributed by atoms with Crippen LogP contribution in [0.3, 0.4) is 0 Å². The van der Waals surface area contributed by atoms with Crippen molar-refractivity contribution in [2.24, 2.45) is 10.1 Å². The van der Waals surface area contributed by atoms with Crippen LogP contribution in [0.1, 0.15) is 5.56 Å². The van der Waals surface area contributed by atoms with Crippen molar-refractivity contribution in [3.63, 3.8) is 0 Å². The lowest BCUT2D eigenvalue weighted by molar-refractivity contribution is 0.171. The van der Waals surface area contributed by atoms with Gasteiger partial charge < -0.3 is 9.47 Å². The van der Waals surface area contributed by atoms with Crippen LogP contribution in [0.2, 0.25) is 0 Å². The van der Waals surface area contributed by atoms with Crippen molar-refractivity contribution in [3.8, 4) is 22.8 Å². The van der Waals surface area contributed by atoms with Crippen molar-refractivity contribution >= 4 is 29.3 Å². The van der Waals surface area contributed by atoms with Gasteiger partial charge in [0.15, 0.2) is 11.5 Å². The maximum absolute atomic E-state index is 5.74. The van der Waals surface area contributed by atoms with Gasteiger partial charge in [-0.1, -0.05) is 18.2 Å². The van der Waals surface area contributed by atoms with Crippen molar-refractivity contribution in [3.05, 3.63) is 70.9 Å². The molecule has 4 rings (SSSR count). The summed E-state index contributed by atoms with van der Waals surface area (Å²) in [6, 6.07) is 14.3. The molecule has 29 heavy (non-hydrogen) atoms. The zero-order valence-corrected chi connectivity index (χ0v) is 17.7. The lowest BCUT2D eigenvalue weighted by Crippen LogP contribution is -2.15. The fourth-order valence-electron chi connectivity index (χ4n) is 2.88. The molecule has 0 atom stereocenters. The van der Waals surface area contributed by atoms with Crippen LogP contribution in [0.25, 0.3) is 11.3 Å². The molecular formula is C22H21N3O2S2. The summed E-state index contributed by atoms with van der Waals surface area (Å²) in [5.74, 6) is 1.53. The molecule has 0 bridgehead atoms.